The molecule has 0 aromatic rings. The van der Waals surface area contributed by atoms with Crippen LogP contribution < -0.4 is 24.8 Å². The van der Waals surface area contributed by atoms with E-state index in [-0.39, 0.29) is 62.0 Å². The third-order valence-electron chi connectivity index (χ3n) is 2.24. The van der Waals surface area contributed by atoms with Crippen LogP contribution >= 0.6 is 0 Å². The first-order valence-electron chi connectivity index (χ1n) is 3.40. The Kier molecular flexibility index (Phi) is 17.7. The van der Waals surface area contributed by atoms with Crippen molar-refractivity contribution in [3.63, 3.8) is 0 Å². The molecule has 1 atom stereocenters. The molecular weight excluding hydrogens is 298 g/mol. The monoisotopic (exact) mass is 313 g/mol. The topological polar surface area (TPSA) is 0 Å². The van der Waals surface area contributed by atoms with Gasteiger partial charge in [-0.1, -0.05) is 26.7 Å². The maximum absolute atomic E-state index is 3.36. The molecule has 0 saturated heterocycles. The van der Waals surface area contributed by atoms with E-state index in [1.54, 1.807) is 0 Å². The normalized spacial score (nSPS) is 18.8. The van der Waals surface area contributed by atoms with Crippen LogP contribution in [-0.2, 0) is 26.2 Å². The average molecular weight is 315 g/mol. The van der Waals surface area contributed by atoms with Crippen LogP contribution in [0.4, 0.5) is 0 Å². The molecule has 0 aliphatic heterocycles. The minimum Gasteiger partial charge on any atom is -1.00 e. The van der Waals surface area contributed by atoms with Gasteiger partial charge in [-0.05, 0) is 11.0 Å². The van der Waals surface area contributed by atoms with Crippen LogP contribution in [0.3, 0.4) is 0 Å². The van der Waals surface area contributed by atoms with Gasteiger partial charge in [0, 0.05) is 0 Å². The molecule has 13 heavy (non-hydrogen) atoms. The van der Waals surface area contributed by atoms with Crippen molar-refractivity contribution in [3.05, 3.63) is 22.8 Å². The van der Waals surface area contributed by atoms with Gasteiger partial charge in [0.05, 0.1) is 0 Å². The van der Waals surface area contributed by atoms with Gasteiger partial charge in [-0.25, -0.2) is 5.57 Å². The summed E-state index contributed by atoms with van der Waals surface area (Å²) in [6.07, 6.45) is 3.36. The second-order valence-electron chi connectivity index (χ2n) is 2.80. The summed E-state index contributed by atoms with van der Waals surface area (Å²) in [5.74, 6) is 0.560. The Labute approximate surface area is 118 Å². The number of hydrogen-bond acceptors (Lipinski definition) is 0. The number of hydrogen-bond donors (Lipinski definition) is 0. The zero-order chi connectivity index (χ0) is 7.02. The molecule has 0 bridgehead atoms. The van der Waals surface area contributed by atoms with Crippen molar-refractivity contribution < 1.29 is 51.0 Å². The maximum Gasteiger partial charge on any atom is 3.00 e. The molecule has 1 unspecified atom stereocenters. The van der Waals surface area contributed by atoms with Crippen molar-refractivity contribution in [1.82, 2.24) is 0 Å². The van der Waals surface area contributed by atoms with Crippen molar-refractivity contribution >= 4 is 11.0 Å². The van der Waals surface area contributed by atoms with Gasteiger partial charge in [0.1, 0.15) is 0 Å². The summed E-state index contributed by atoms with van der Waals surface area (Å²) >= 11 is 0. The van der Waals surface area contributed by atoms with Crippen LogP contribution in [0.15, 0.2) is 16.7 Å². The van der Waals surface area contributed by atoms with Gasteiger partial charge in [0.2, 0.25) is 0 Å². The second-order valence-corrected chi connectivity index (χ2v) is 2.80. The van der Waals surface area contributed by atoms with Gasteiger partial charge in [0.15, 0.2) is 0 Å². The SMILES string of the molecule is CC1=[C-]C(C)C(C)=C1C.[Cl-].[Cl-].[SiH4].[Zr+3]. The molecule has 1 radical (unpaired) electrons. The van der Waals surface area contributed by atoms with Gasteiger partial charge >= 0.3 is 26.2 Å². The minimum absolute atomic E-state index is 0. The van der Waals surface area contributed by atoms with E-state index in [1.807, 2.05) is 0 Å². The first-order chi connectivity index (χ1) is 4.13. The van der Waals surface area contributed by atoms with Crippen LogP contribution in [0.5, 0.6) is 0 Å². The van der Waals surface area contributed by atoms with Gasteiger partial charge in [-0.3, -0.25) is 6.08 Å². The third-order valence-corrected chi connectivity index (χ3v) is 2.24. The van der Waals surface area contributed by atoms with Crippen LogP contribution in [0.1, 0.15) is 27.7 Å². The number of halogens is 2. The summed E-state index contributed by atoms with van der Waals surface area (Å²) in [7, 11) is 0. The fraction of sp³-hybridized carbons (Fsp3) is 0.556. The molecule has 0 heterocycles. The molecule has 1 aliphatic carbocycles. The van der Waals surface area contributed by atoms with Gasteiger partial charge < -0.3 is 24.8 Å². The van der Waals surface area contributed by atoms with Gasteiger partial charge in [0.25, 0.3) is 0 Å². The zero-order valence-corrected chi connectivity index (χ0v) is 11.8. The summed E-state index contributed by atoms with van der Waals surface area (Å²) < 4.78 is 0. The summed E-state index contributed by atoms with van der Waals surface area (Å²) in [6.45, 7) is 8.67. The van der Waals surface area contributed by atoms with Gasteiger partial charge in [-0.15, -0.1) is 6.92 Å². The van der Waals surface area contributed by atoms with Crippen LogP contribution in [0.25, 0.3) is 0 Å². The van der Waals surface area contributed by atoms with E-state index in [9.17, 15) is 0 Å². The minimum atomic E-state index is 0. The van der Waals surface area contributed by atoms with Crippen LogP contribution in [-0.4, -0.2) is 11.0 Å². The van der Waals surface area contributed by atoms with Crippen molar-refractivity contribution in [2.24, 2.45) is 5.92 Å². The van der Waals surface area contributed by atoms with Crippen molar-refractivity contribution in [1.29, 1.82) is 0 Å². The molecule has 0 saturated carbocycles. The largest absolute Gasteiger partial charge is 3.00 e. The fourth-order valence-electron chi connectivity index (χ4n) is 1.16. The molecule has 0 fully saturated rings. The molecule has 0 aromatic carbocycles. The standard InChI is InChI=1S/C9H13.2ClH.H4Si.Zr/c1-6-5-7(2)9(4)8(6)3;;;;/h6H,1-4H3;2*1H;1H4;/q-1;;;;+3/p-2. The predicted octanol–water partition coefficient (Wildman–Crippen LogP) is -4.72. The van der Waals surface area contributed by atoms with E-state index in [4.69, 9.17) is 0 Å². The molecule has 1 aliphatic rings. The zero-order valence-electron chi connectivity index (χ0n) is 7.83. The van der Waals surface area contributed by atoms with Crippen molar-refractivity contribution in [3.8, 4) is 0 Å². The van der Waals surface area contributed by atoms with E-state index in [1.165, 1.54) is 16.7 Å². The van der Waals surface area contributed by atoms with Crippen molar-refractivity contribution in [2.45, 2.75) is 27.7 Å². The molecule has 75 valence electrons. The average Bonchev–Trinajstić information content (AvgIpc) is 1.98. The molecule has 0 amide bonds. The van der Waals surface area contributed by atoms with E-state index < -0.39 is 0 Å². The smallest absolute Gasteiger partial charge is 1.00 e. The third kappa shape index (κ3) is 5.57. The Balaban J connectivity index is -0.000000101. The van der Waals surface area contributed by atoms with Crippen LogP contribution in [0.2, 0.25) is 0 Å². The molecule has 4 heteroatoms. The second kappa shape index (κ2) is 9.71. The summed E-state index contributed by atoms with van der Waals surface area (Å²) in [5.41, 5.74) is 4.25. The quantitative estimate of drug-likeness (QED) is 0.311. The number of rotatable bonds is 0. The molecule has 0 N–H and O–H groups in total. The molecule has 0 spiro atoms. The van der Waals surface area contributed by atoms with Crippen molar-refractivity contribution in [2.75, 3.05) is 0 Å². The first kappa shape index (κ1) is 23.8. The first-order valence-corrected chi connectivity index (χ1v) is 3.40. The summed E-state index contributed by atoms with van der Waals surface area (Å²) in [4.78, 5) is 0. The Morgan fingerprint density at radius 3 is 1.54 bits per heavy atom. The van der Waals surface area contributed by atoms with E-state index in [2.05, 4.69) is 33.8 Å². The molecule has 0 aromatic heterocycles. The summed E-state index contributed by atoms with van der Waals surface area (Å²) in [5, 5.41) is 0. The van der Waals surface area contributed by atoms with E-state index in [0.717, 1.165) is 0 Å². The Hall–Kier alpha value is 1.16. The Morgan fingerprint density at radius 1 is 1.08 bits per heavy atom. The Bertz CT molecular complexity index is 200. The van der Waals surface area contributed by atoms with E-state index >= 15 is 0 Å². The molecular formula is C9H17Cl2SiZr. The summed E-state index contributed by atoms with van der Waals surface area (Å²) in [6, 6.07) is 0. The van der Waals surface area contributed by atoms with Gasteiger partial charge in [-0.2, -0.15) is 11.1 Å². The maximum atomic E-state index is 3.36. The Morgan fingerprint density at radius 2 is 1.46 bits per heavy atom. The predicted molar refractivity (Wildman–Crippen MR) is 51.3 cm³/mol. The molecule has 0 nitrogen and oxygen atoms in total. The number of allylic oxidation sites excluding steroid dienone is 4. The molecule has 1 rings (SSSR count). The fourth-order valence-corrected chi connectivity index (χ4v) is 1.16. The van der Waals surface area contributed by atoms with E-state index in [0.29, 0.717) is 5.92 Å². The van der Waals surface area contributed by atoms with Crippen LogP contribution in [0, 0.1) is 12.0 Å².